The Hall–Kier alpha value is -5.19. The lowest BCUT2D eigenvalue weighted by atomic mass is 10.0. The summed E-state index contributed by atoms with van der Waals surface area (Å²) in [5, 5.41) is 29.0. The Bertz CT molecular complexity index is 2140. The number of hydrogen-bond acceptors (Lipinski definition) is 14. The molecule has 1 saturated carbocycles. The molecule has 7 N–H and O–H groups in total. The topological polar surface area (TPSA) is 276 Å². The minimum absolute atomic E-state index is 0.0350. The molecule has 2 aromatic heterocycles. The zero-order valence-corrected chi connectivity index (χ0v) is 29.5. The molecule has 19 nitrogen and oxygen atoms in total. The molecule has 22 heteroatoms. The lowest BCUT2D eigenvalue weighted by molar-refractivity contribution is -0.161. The van der Waals surface area contributed by atoms with E-state index in [1.165, 1.54) is 38.4 Å². The van der Waals surface area contributed by atoms with Crippen LogP contribution in [0.4, 0.5) is 15.2 Å². The molecule has 2 amide bonds. The highest BCUT2D eigenvalue weighted by Gasteiger charge is 2.51. The Morgan fingerprint density at radius 2 is 1.83 bits per heavy atom. The van der Waals surface area contributed by atoms with E-state index >= 15 is 0 Å². The van der Waals surface area contributed by atoms with Gasteiger partial charge in [0.15, 0.2) is 10.8 Å². The molecule has 280 valence electrons. The number of amides is 2. The number of hydrogen-bond donors (Lipinski definition) is 6. The standard InChI is InChI=1S/C17H18FN3O3.C13H17N5O8S2/c18-13-7-11-14(8-15(13)20-5-3-19-4-6-20)21(10-1-2-10)9-12(16(11)22)17(23)24;1-5-7(10(20)18(5)28(23,24)25)16-9(19)8(6-4-27-12(14)15-6)17-26-13(2,3)11(21)22/h7-10,19H,1-6H2,(H,23,24);4-5,7H,1-3H3,(H2,14,15)(H,16,19)(H,21,22)(H,23,24,25)/b;17-8-/t;5-,7-/m.0/s1. The number of nitrogens with one attached hydrogen (secondary N) is 2. The van der Waals surface area contributed by atoms with Crippen LogP contribution in [0.25, 0.3) is 10.9 Å². The molecule has 0 spiro atoms. The number of benzene rings is 1. The van der Waals surface area contributed by atoms with E-state index in [1.807, 2.05) is 9.47 Å². The lowest BCUT2D eigenvalue weighted by Crippen LogP contribution is -2.71. The fraction of sp³-hybridized carbons (Fsp3) is 0.433. The van der Waals surface area contributed by atoms with Crippen LogP contribution in [0.3, 0.4) is 0 Å². The zero-order chi connectivity index (χ0) is 38.3. The first-order valence-corrected chi connectivity index (χ1v) is 18.0. The number of nitrogens with zero attached hydrogens (tertiary/aromatic N) is 5. The van der Waals surface area contributed by atoms with Crippen LogP contribution in [-0.4, -0.2) is 110 Å². The number of pyridine rings is 1. The third kappa shape index (κ3) is 7.83. The van der Waals surface area contributed by atoms with Gasteiger partial charge in [0.05, 0.1) is 17.2 Å². The van der Waals surface area contributed by atoms with Gasteiger partial charge in [-0.2, -0.15) is 8.42 Å². The SMILES string of the molecule is C[C@H]1[C@H](NC(=O)/C(=N\OC(C)(C)C(=O)O)c2csc(N)n2)C(=O)N1S(=O)(=O)O.O=C(O)c1cn(C2CC2)c2cc(N3CCNCC3)c(F)cc2c1=O. The van der Waals surface area contributed by atoms with Crippen LogP contribution >= 0.6 is 11.3 Å². The van der Waals surface area contributed by atoms with Crippen LogP contribution in [0.15, 0.2) is 33.7 Å². The van der Waals surface area contributed by atoms with Crippen molar-refractivity contribution in [1.82, 2.24) is 24.5 Å². The van der Waals surface area contributed by atoms with Crippen LogP contribution in [0.5, 0.6) is 0 Å². The summed E-state index contributed by atoms with van der Waals surface area (Å²) in [6, 6.07) is 0.766. The lowest BCUT2D eigenvalue weighted by Gasteiger charge is -2.42. The highest BCUT2D eigenvalue weighted by Crippen LogP contribution is 2.38. The number of carbonyl (C=O) groups excluding carboxylic acids is 2. The first kappa shape index (κ1) is 38.1. The fourth-order valence-corrected chi connectivity index (χ4v) is 6.86. The van der Waals surface area contributed by atoms with Crippen molar-refractivity contribution in [2.24, 2.45) is 5.16 Å². The molecule has 0 bridgehead atoms. The van der Waals surface area contributed by atoms with E-state index in [2.05, 4.69) is 20.8 Å². The molecule has 0 radical (unpaired) electrons. The molecule has 3 aliphatic rings. The molecule has 1 aromatic carbocycles. The quantitative estimate of drug-likeness (QED) is 0.0706. The van der Waals surface area contributed by atoms with E-state index in [0.717, 1.165) is 37.3 Å². The number of anilines is 2. The number of carbonyl (C=O) groups is 4. The van der Waals surface area contributed by atoms with Crippen molar-refractivity contribution in [2.45, 2.75) is 57.3 Å². The normalized spacial score (nSPS) is 19.4. The number of nitrogens with two attached hydrogens (primary N) is 1. The summed E-state index contributed by atoms with van der Waals surface area (Å²) in [4.78, 5) is 70.1. The van der Waals surface area contributed by atoms with E-state index in [0.29, 0.717) is 24.3 Å². The van der Waals surface area contributed by atoms with Gasteiger partial charge in [0.1, 0.15) is 23.1 Å². The summed E-state index contributed by atoms with van der Waals surface area (Å²) in [6.45, 7) is 6.65. The number of nitrogen functional groups attached to an aromatic ring is 1. The smallest absolute Gasteiger partial charge is 0.362 e. The van der Waals surface area contributed by atoms with Gasteiger partial charge in [0.25, 0.3) is 11.8 Å². The number of halogens is 1. The van der Waals surface area contributed by atoms with Crippen molar-refractivity contribution in [3.8, 4) is 0 Å². The zero-order valence-electron chi connectivity index (χ0n) is 27.9. The van der Waals surface area contributed by atoms with Crippen LogP contribution < -0.4 is 26.7 Å². The summed E-state index contributed by atoms with van der Waals surface area (Å²) in [5.41, 5.74) is 3.42. The summed E-state index contributed by atoms with van der Waals surface area (Å²) in [7, 11) is -4.76. The first-order valence-electron chi connectivity index (χ1n) is 15.7. The van der Waals surface area contributed by atoms with Crippen LogP contribution in [0.2, 0.25) is 0 Å². The maximum absolute atomic E-state index is 14.6. The van der Waals surface area contributed by atoms with E-state index in [9.17, 15) is 41.9 Å². The van der Waals surface area contributed by atoms with Crippen molar-refractivity contribution >= 4 is 72.8 Å². The molecular weight excluding hydrogens is 732 g/mol. The highest BCUT2D eigenvalue weighted by atomic mass is 32.2. The van der Waals surface area contributed by atoms with Gasteiger partial charge in [-0.15, -0.1) is 11.3 Å². The minimum atomic E-state index is -4.76. The molecule has 52 heavy (non-hydrogen) atoms. The Kier molecular flexibility index (Phi) is 10.6. The molecule has 2 saturated heterocycles. The van der Waals surface area contributed by atoms with Crippen molar-refractivity contribution in [1.29, 1.82) is 0 Å². The number of fused-ring (bicyclic) bond motifs is 1. The van der Waals surface area contributed by atoms with Gasteiger partial charge in [-0.1, -0.05) is 5.16 Å². The number of aromatic carboxylic acids is 1. The summed E-state index contributed by atoms with van der Waals surface area (Å²) in [6.07, 6.45) is 3.29. The van der Waals surface area contributed by atoms with E-state index in [-0.39, 0.29) is 32.1 Å². The van der Waals surface area contributed by atoms with Gasteiger partial charge in [-0.05, 0) is 45.7 Å². The highest BCUT2D eigenvalue weighted by molar-refractivity contribution is 7.84. The van der Waals surface area contributed by atoms with E-state index < -0.39 is 68.7 Å². The summed E-state index contributed by atoms with van der Waals surface area (Å²) in [5.74, 6) is -5.13. The van der Waals surface area contributed by atoms with Crippen LogP contribution in [-0.2, 0) is 29.5 Å². The van der Waals surface area contributed by atoms with Gasteiger partial charge in [-0.3, -0.25) is 18.9 Å². The predicted octanol–water partition coefficient (Wildman–Crippen LogP) is 0.411. The number of β-lactam (4-membered cyclic amide) rings is 1. The third-order valence-corrected chi connectivity index (χ3v) is 10.1. The van der Waals surface area contributed by atoms with Crippen LogP contribution in [0.1, 0.15) is 55.7 Å². The molecule has 4 heterocycles. The first-order chi connectivity index (χ1) is 24.3. The summed E-state index contributed by atoms with van der Waals surface area (Å²) >= 11 is 0.980. The Morgan fingerprint density at radius 3 is 2.35 bits per heavy atom. The van der Waals surface area contributed by atoms with Gasteiger partial charge in [0, 0.05) is 49.2 Å². The van der Waals surface area contributed by atoms with Crippen molar-refractivity contribution < 1.29 is 51.6 Å². The number of thiazole rings is 1. The maximum Gasteiger partial charge on any atom is 0.362 e. The van der Waals surface area contributed by atoms with Gasteiger partial charge < -0.3 is 40.9 Å². The maximum atomic E-state index is 14.6. The molecule has 1 aliphatic carbocycles. The average Bonchev–Trinajstić information content (AvgIpc) is 3.83. The van der Waals surface area contributed by atoms with Crippen LogP contribution in [0, 0.1) is 5.82 Å². The molecule has 2 aliphatic heterocycles. The number of aliphatic carboxylic acids is 1. The predicted molar refractivity (Wildman–Crippen MR) is 184 cm³/mol. The second kappa shape index (κ2) is 14.4. The molecule has 0 unspecified atom stereocenters. The van der Waals surface area contributed by atoms with Crippen molar-refractivity contribution in [3.63, 3.8) is 0 Å². The number of carboxylic acid groups (broad SMARTS) is 2. The second-order valence-corrected chi connectivity index (χ2v) is 14.8. The van der Waals surface area contributed by atoms with Gasteiger partial charge >= 0.3 is 22.2 Å². The number of carboxylic acids is 2. The molecule has 3 fully saturated rings. The monoisotopic (exact) mass is 766 g/mol. The Labute approximate surface area is 298 Å². The average molecular weight is 767 g/mol. The van der Waals surface area contributed by atoms with Gasteiger partial charge in [0.2, 0.25) is 11.0 Å². The van der Waals surface area contributed by atoms with Crippen molar-refractivity contribution in [2.75, 3.05) is 36.8 Å². The minimum Gasteiger partial charge on any atom is -0.478 e. The molecular formula is C30H35FN8O11S2. The number of piperazine rings is 1. The third-order valence-electron chi connectivity index (χ3n) is 8.46. The molecule has 2 atom stereocenters. The molecule has 3 aromatic rings. The Balaban J connectivity index is 0.000000203. The van der Waals surface area contributed by atoms with Crippen molar-refractivity contribution in [3.05, 3.63) is 51.0 Å². The van der Waals surface area contributed by atoms with E-state index in [1.54, 1.807) is 6.07 Å². The Morgan fingerprint density at radius 1 is 1.17 bits per heavy atom. The summed E-state index contributed by atoms with van der Waals surface area (Å²) < 4.78 is 47.9. The fourth-order valence-electron chi connectivity index (χ4n) is 5.43. The van der Waals surface area contributed by atoms with E-state index in [4.69, 9.17) is 20.2 Å². The number of rotatable bonds is 10. The largest absolute Gasteiger partial charge is 0.478 e. The van der Waals surface area contributed by atoms with Gasteiger partial charge in [-0.25, -0.2) is 23.3 Å². The number of oxime groups is 1. The second-order valence-electron chi connectivity index (χ2n) is 12.6. The number of aromatic nitrogens is 2. The molecule has 6 rings (SSSR count).